The molecule has 0 saturated heterocycles. The van der Waals surface area contributed by atoms with Crippen LogP contribution in [0.4, 0.5) is 0 Å². The standard InChI is InChI=1S/C25H29N/c1-24(2,3)20-13-9-18(10-14-20)22-8-7-17-26-23(22)19-11-15-21(16-12-19)25(4,5)6/h7-17H,1-6H3. The Balaban J connectivity index is 2.01. The molecular weight excluding hydrogens is 314 g/mol. The summed E-state index contributed by atoms with van der Waals surface area (Å²) in [6.07, 6.45) is 1.88. The van der Waals surface area contributed by atoms with Gasteiger partial charge in [-0.15, -0.1) is 0 Å². The van der Waals surface area contributed by atoms with Gasteiger partial charge in [-0.3, -0.25) is 4.98 Å². The van der Waals surface area contributed by atoms with Crippen LogP contribution in [-0.4, -0.2) is 4.98 Å². The van der Waals surface area contributed by atoms with Crippen molar-refractivity contribution in [1.29, 1.82) is 0 Å². The van der Waals surface area contributed by atoms with Crippen LogP contribution < -0.4 is 0 Å². The Labute approximate surface area is 158 Å². The molecule has 2 aromatic carbocycles. The van der Waals surface area contributed by atoms with Crippen LogP contribution in [0.15, 0.2) is 66.9 Å². The molecule has 3 rings (SSSR count). The van der Waals surface area contributed by atoms with E-state index < -0.39 is 0 Å². The molecule has 1 heterocycles. The van der Waals surface area contributed by atoms with Crippen molar-refractivity contribution in [2.24, 2.45) is 0 Å². The van der Waals surface area contributed by atoms with Crippen molar-refractivity contribution in [3.63, 3.8) is 0 Å². The Bertz CT molecular complexity index is 797. The SMILES string of the molecule is CC(C)(C)c1ccc(-c2cccnc2-c2ccc(C(C)(C)C)cc2)cc1. The molecule has 0 radical (unpaired) electrons. The van der Waals surface area contributed by atoms with E-state index in [1.54, 1.807) is 0 Å². The van der Waals surface area contributed by atoms with Crippen LogP contribution in [0.25, 0.3) is 22.4 Å². The quantitative estimate of drug-likeness (QED) is 0.487. The summed E-state index contributed by atoms with van der Waals surface area (Å²) < 4.78 is 0. The van der Waals surface area contributed by atoms with Gasteiger partial charge in [-0.05, 0) is 33.6 Å². The van der Waals surface area contributed by atoms with E-state index in [9.17, 15) is 0 Å². The minimum absolute atomic E-state index is 0.161. The first-order valence-corrected chi connectivity index (χ1v) is 9.33. The summed E-state index contributed by atoms with van der Waals surface area (Å²) in [5.41, 5.74) is 7.60. The molecule has 134 valence electrons. The molecule has 26 heavy (non-hydrogen) atoms. The minimum atomic E-state index is 0.161. The zero-order valence-corrected chi connectivity index (χ0v) is 16.8. The van der Waals surface area contributed by atoms with E-state index in [1.165, 1.54) is 22.3 Å². The van der Waals surface area contributed by atoms with Crippen molar-refractivity contribution >= 4 is 0 Å². The first-order chi connectivity index (χ1) is 12.2. The van der Waals surface area contributed by atoms with E-state index in [2.05, 4.69) is 101 Å². The molecule has 0 spiro atoms. The minimum Gasteiger partial charge on any atom is -0.256 e. The van der Waals surface area contributed by atoms with E-state index in [4.69, 9.17) is 0 Å². The van der Waals surface area contributed by atoms with Gasteiger partial charge in [0.15, 0.2) is 0 Å². The topological polar surface area (TPSA) is 12.9 Å². The van der Waals surface area contributed by atoms with Gasteiger partial charge in [-0.25, -0.2) is 0 Å². The Hall–Kier alpha value is -2.41. The Morgan fingerprint density at radius 3 is 1.50 bits per heavy atom. The van der Waals surface area contributed by atoms with E-state index in [0.717, 1.165) is 11.3 Å². The average Bonchev–Trinajstić information content (AvgIpc) is 2.60. The number of pyridine rings is 1. The molecule has 0 amide bonds. The van der Waals surface area contributed by atoms with Gasteiger partial charge in [0.2, 0.25) is 0 Å². The number of benzene rings is 2. The zero-order valence-electron chi connectivity index (χ0n) is 16.8. The lowest BCUT2D eigenvalue weighted by molar-refractivity contribution is 0.590. The summed E-state index contributed by atoms with van der Waals surface area (Å²) in [4.78, 5) is 4.69. The molecule has 0 bridgehead atoms. The van der Waals surface area contributed by atoms with Crippen molar-refractivity contribution in [1.82, 2.24) is 4.98 Å². The van der Waals surface area contributed by atoms with E-state index in [-0.39, 0.29) is 10.8 Å². The number of nitrogens with zero attached hydrogens (tertiary/aromatic N) is 1. The van der Waals surface area contributed by atoms with Gasteiger partial charge in [-0.2, -0.15) is 0 Å². The fourth-order valence-electron chi connectivity index (χ4n) is 3.15. The molecule has 0 aliphatic heterocycles. The number of hydrogen-bond acceptors (Lipinski definition) is 1. The van der Waals surface area contributed by atoms with Gasteiger partial charge in [0.1, 0.15) is 0 Å². The largest absolute Gasteiger partial charge is 0.256 e. The lowest BCUT2D eigenvalue weighted by atomic mass is 9.85. The molecule has 1 heteroatoms. The zero-order chi connectivity index (χ0) is 18.9. The maximum Gasteiger partial charge on any atom is 0.0780 e. The second kappa shape index (κ2) is 6.72. The third-order valence-corrected chi connectivity index (χ3v) is 4.89. The number of hydrogen-bond donors (Lipinski definition) is 0. The smallest absolute Gasteiger partial charge is 0.0780 e. The van der Waals surface area contributed by atoms with Crippen molar-refractivity contribution in [3.8, 4) is 22.4 Å². The second-order valence-electron chi connectivity index (χ2n) is 9.05. The van der Waals surface area contributed by atoms with E-state index >= 15 is 0 Å². The van der Waals surface area contributed by atoms with Gasteiger partial charge >= 0.3 is 0 Å². The summed E-state index contributed by atoms with van der Waals surface area (Å²) in [6, 6.07) is 21.9. The highest BCUT2D eigenvalue weighted by Crippen LogP contribution is 2.33. The maximum atomic E-state index is 4.69. The van der Waals surface area contributed by atoms with Crippen LogP contribution in [0, 0.1) is 0 Å². The third-order valence-electron chi connectivity index (χ3n) is 4.89. The van der Waals surface area contributed by atoms with Crippen LogP contribution in [0.3, 0.4) is 0 Å². The lowest BCUT2D eigenvalue weighted by Gasteiger charge is -2.20. The highest BCUT2D eigenvalue weighted by atomic mass is 14.7. The van der Waals surface area contributed by atoms with Gasteiger partial charge in [-0.1, -0.05) is 96.1 Å². The van der Waals surface area contributed by atoms with Crippen molar-refractivity contribution in [2.75, 3.05) is 0 Å². The first kappa shape index (κ1) is 18.4. The highest BCUT2D eigenvalue weighted by Gasteiger charge is 2.16. The van der Waals surface area contributed by atoms with Crippen LogP contribution in [0.5, 0.6) is 0 Å². The van der Waals surface area contributed by atoms with Crippen molar-refractivity contribution in [2.45, 2.75) is 52.4 Å². The third kappa shape index (κ3) is 3.88. The Kier molecular flexibility index (Phi) is 4.75. The number of rotatable bonds is 2. The van der Waals surface area contributed by atoms with Crippen molar-refractivity contribution in [3.05, 3.63) is 78.0 Å². The second-order valence-corrected chi connectivity index (χ2v) is 9.05. The molecule has 0 N–H and O–H groups in total. The average molecular weight is 344 g/mol. The summed E-state index contributed by atoms with van der Waals surface area (Å²) >= 11 is 0. The van der Waals surface area contributed by atoms with Crippen LogP contribution >= 0.6 is 0 Å². The Morgan fingerprint density at radius 1 is 0.577 bits per heavy atom. The summed E-state index contributed by atoms with van der Waals surface area (Å²) in [5, 5.41) is 0. The van der Waals surface area contributed by atoms with Gasteiger partial charge in [0.25, 0.3) is 0 Å². The molecule has 1 aromatic heterocycles. The molecular formula is C25H29N. The van der Waals surface area contributed by atoms with Crippen LogP contribution in [0.2, 0.25) is 0 Å². The summed E-state index contributed by atoms with van der Waals surface area (Å²) in [6.45, 7) is 13.5. The van der Waals surface area contributed by atoms with Gasteiger partial charge < -0.3 is 0 Å². The highest BCUT2D eigenvalue weighted by molar-refractivity contribution is 5.80. The van der Waals surface area contributed by atoms with E-state index in [1.807, 2.05) is 12.3 Å². The predicted octanol–water partition coefficient (Wildman–Crippen LogP) is 7.01. The van der Waals surface area contributed by atoms with Gasteiger partial charge in [0, 0.05) is 17.3 Å². The first-order valence-electron chi connectivity index (χ1n) is 9.33. The molecule has 0 unspecified atom stereocenters. The maximum absolute atomic E-state index is 4.69. The molecule has 0 atom stereocenters. The Morgan fingerprint density at radius 2 is 1.04 bits per heavy atom. The summed E-state index contributed by atoms with van der Waals surface area (Å²) in [5.74, 6) is 0. The number of aromatic nitrogens is 1. The molecule has 1 nitrogen and oxygen atoms in total. The fourth-order valence-corrected chi connectivity index (χ4v) is 3.15. The monoisotopic (exact) mass is 343 g/mol. The lowest BCUT2D eigenvalue weighted by Crippen LogP contribution is -2.10. The summed E-state index contributed by atoms with van der Waals surface area (Å²) in [7, 11) is 0. The molecule has 0 aliphatic carbocycles. The van der Waals surface area contributed by atoms with Crippen molar-refractivity contribution < 1.29 is 0 Å². The van der Waals surface area contributed by atoms with Crippen LogP contribution in [-0.2, 0) is 10.8 Å². The molecule has 0 fully saturated rings. The molecule has 3 aromatic rings. The van der Waals surface area contributed by atoms with Gasteiger partial charge in [0.05, 0.1) is 5.69 Å². The van der Waals surface area contributed by atoms with E-state index in [0.29, 0.717) is 0 Å². The fraction of sp³-hybridized carbons (Fsp3) is 0.320. The van der Waals surface area contributed by atoms with Crippen LogP contribution in [0.1, 0.15) is 52.7 Å². The molecule has 0 aliphatic rings. The molecule has 0 saturated carbocycles. The normalized spacial score (nSPS) is 12.2. The predicted molar refractivity (Wildman–Crippen MR) is 113 cm³/mol.